The Labute approximate surface area is 199 Å². The number of aromatic nitrogens is 1. The maximum absolute atomic E-state index is 9.53. The van der Waals surface area contributed by atoms with E-state index in [1.54, 1.807) is 0 Å². The van der Waals surface area contributed by atoms with Crippen LogP contribution in [-0.2, 0) is 13.5 Å². The Balaban J connectivity index is 1.71. The van der Waals surface area contributed by atoms with Gasteiger partial charge in [0.2, 0.25) is 5.69 Å². The number of ether oxygens (including phenoxy) is 1. The minimum atomic E-state index is -0.399. The lowest BCUT2D eigenvalue weighted by Crippen LogP contribution is -2.32. The van der Waals surface area contributed by atoms with Gasteiger partial charge in [0.25, 0.3) is 0 Å². The summed E-state index contributed by atoms with van der Waals surface area (Å²) in [6, 6.07) is 22.0. The van der Waals surface area contributed by atoms with E-state index in [0.717, 1.165) is 28.7 Å². The summed E-state index contributed by atoms with van der Waals surface area (Å²) in [5.74, 6) is 1.86. The minimum absolute atomic E-state index is 0.399. The van der Waals surface area contributed by atoms with Crippen molar-refractivity contribution in [2.24, 2.45) is 12.5 Å². The second-order valence-electron chi connectivity index (χ2n) is 10.3. The Morgan fingerprint density at radius 1 is 0.912 bits per heavy atom. The average molecular weight is 444 g/mol. The number of fused-ring (bicyclic) bond motifs is 5. The Morgan fingerprint density at radius 2 is 1.65 bits per heavy atom. The van der Waals surface area contributed by atoms with Crippen LogP contribution in [0.25, 0.3) is 43.6 Å². The summed E-state index contributed by atoms with van der Waals surface area (Å²) in [5, 5.41) is 16.7. The molecule has 0 aliphatic carbocycles. The quantitative estimate of drug-likeness (QED) is 0.206. The minimum Gasteiger partial charge on any atom is -0.455 e. The zero-order valence-corrected chi connectivity index (χ0v) is 20.3. The van der Waals surface area contributed by atoms with E-state index in [1.807, 2.05) is 13.8 Å². The number of nitriles is 1. The molecular weight excluding hydrogens is 416 g/mol. The molecule has 0 unspecified atom stereocenters. The summed E-state index contributed by atoms with van der Waals surface area (Å²) in [7, 11) is 2.12. The molecule has 0 bridgehead atoms. The van der Waals surface area contributed by atoms with E-state index in [9.17, 15) is 5.26 Å². The first-order valence-electron chi connectivity index (χ1n) is 11.8. The lowest BCUT2D eigenvalue weighted by Gasteiger charge is -2.25. The number of pyridine rings is 1. The monoisotopic (exact) mass is 443 g/mol. The molecule has 1 aliphatic heterocycles. The lowest BCUT2D eigenvalue weighted by atomic mass is 9.85. The van der Waals surface area contributed by atoms with E-state index in [0.29, 0.717) is 0 Å². The third-order valence-electron chi connectivity index (χ3n) is 7.34. The van der Waals surface area contributed by atoms with E-state index in [1.165, 1.54) is 49.5 Å². The molecule has 1 aliphatic rings. The zero-order chi connectivity index (χ0) is 23.8. The zero-order valence-electron chi connectivity index (χ0n) is 20.3. The van der Waals surface area contributed by atoms with Gasteiger partial charge in [-0.2, -0.15) is 5.26 Å². The van der Waals surface area contributed by atoms with Crippen LogP contribution in [0.4, 0.5) is 0 Å². The highest BCUT2D eigenvalue weighted by molar-refractivity contribution is 6.16. The van der Waals surface area contributed by atoms with Crippen LogP contribution in [0, 0.1) is 30.6 Å². The molecular formula is C31H27N2O+. The number of nitrogens with zero attached hydrogens (tertiary/aromatic N) is 2. The maximum Gasteiger partial charge on any atom is 0.228 e. The van der Waals surface area contributed by atoms with Gasteiger partial charge in [0.1, 0.15) is 18.5 Å². The molecule has 3 heteroatoms. The van der Waals surface area contributed by atoms with E-state index in [2.05, 4.69) is 92.3 Å². The van der Waals surface area contributed by atoms with E-state index >= 15 is 0 Å². The largest absolute Gasteiger partial charge is 0.455 e. The number of hydrogen-bond acceptors (Lipinski definition) is 2. The van der Waals surface area contributed by atoms with Gasteiger partial charge in [-0.05, 0) is 72.9 Å². The van der Waals surface area contributed by atoms with Crippen molar-refractivity contribution in [1.29, 1.82) is 5.26 Å². The number of aryl methyl sites for hydroxylation is 3. The Bertz CT molecular complexity index is 1720. The van der Waals surface area contributed by atoms with Crippen molar-refractivity contribution in [2.75, 3.05) is 0 Å². The molecule has 3 nitrogen and oxygen atoms in total. The van der Waals surface area contributed by atoms with Crippen LogP contribution in [-0.4, -0.2) is 0 Å². The van der Waals surface area contributed by atoms with Crippen LogP contribution in [0.15, 0.2) is 60.8 Å². The smallest absolute Gasteiger partial charge is 0.228 e. The molecule has 0 radical (unpaired) electrons. The third kappa shape index (κ3) is 2.85. The SMILES string of the molecule is Cc1c2c(c(C)c3ccccc13)-c1c3c(cc4ccc(CC(C)(C)C#N)cc4c3cc[n+]1C)O2. The Kier molecular flexibility index (Phi) is 4.29. The molecule has 0 amide bonds. The van der Waals surface area contributed by atoms with Gasteiger partial charge in [0.05, 0.1) is 22.4 Å². The molecule has 2 heterocycles. The first-order chi connectivity index (χ1) is 16.3. The fourth-order valence-corrected chi connectivity index (χ4v) is 5.61. The van der Waals surface area contributed by atoms with Crippen molar-refractivity contribution < 1.29 is 9.30 Å². The molecule has 0 spiro atoms. The van der Waals surface area contributed by atoms with Gasteiger partial charge in [0.15, 0.2) is 6.20 Å². The average Bonchev–Trinajstić information content (AvgIpc) is 2.83. The van der Waals surface area contributed by atoms with Crippen molar-refractivity contribution in [2.45, 2.75) is 34.1 Å². The van der Waals surface area contributed by atoms with Gasteiger partial charge >= 0.3 is 0 Å². The second kappa shape index (κ2) is 7.05. The molecule has 0 N–H and O–H groups in total. The molecule has 0 fully saturated rings. The van der Waals surface area contributed by atoms with Crippen LogP contribution < -0.4 is 9.30 Å². The van der Waals surface area contributed by atoms with E-state index < -0.39 is 5.41 Å². The molecule has 0 saturated heterocycles. The van der Waals surface area contributed by atoms with E-state index in [-0.39, 0.29) is 0 Å². The fraction of sp³-hybridized carbons (Fsp3) is 0.226. The predicted molar refractivity (Wildman–Crippen MR) is 138 cm³/mol. The summed E-state index contributed by atoms with van der Waals surface area (Å²) in [6.45, 7) is 8.36. The summed E-state index contributed by atoms with van der Waals surface area (Å²) in [6.07, 6.45) is 2.88. The first-order valence-corrected chi connectivity index (χ1v) is 11.8. The van der Waals surface area contributed by atoms with Crippen molar-refractivity contribution in [3.05, 3.63) is 77.5 Å². The number of rotatable bonds is 2. The van der Waals surface area contributed by atoms with Gasteiger partial charge in [-0.1, -0.05) is 42.5 Å². The molecule has 0 saturated carbocycles. The molecule has 1 aromatic heterocycles. The number of benzene rings is 4. The van der Waals surface area contributed by atoms with Gasteiger partial charge in [-0.15, -0.1) is 0 Å². The number of hydrogen-bond donors (Lipinski definition) is 0. The summed E-state index contributed by atoms with van der Waals surface area (Å²) in [5.41, 5.74) is 5.58. The Morgan fingerprint density at radius 3 is 2.38 bits per heavy atom. The van der Waals surface area contributed by atoms with Crippen molar-refractivity contribution in [1.82, 2.24) is 0 Å². The van der Waals surface area contributed by atoms with Crippen molar-refractivity contribution >= 4 is 32.3 Å². The standard InChI is InChI=1S/C31H27N2O/c1-18-22-8-6-7-9-23(22)19(2)30-27(18)29-28-24(12-13-33(29)5)25-14-20(16-31(3,4)17-32)10-11-21(25)15-26(28)34-30/h6-15H,16H2,1-5H3/q+1. The van der Waals surface area contributed by atoms with Crippen molar-refractivity contribution in [3.8, 4) is 28.8 Å². The Hall–Kier alpha value is -3.90. The molecule has 0 atom stereocenters. The van der Waals surface area contributed by atoms with E-state index in [4.69, 9.17) is 4.74 Å². The van der Waals surface area contributed by atoms with Crippen LogP contribution in [0.5, 0.6) is 11.5 Å². The van der Waals surface area contributed by atoms with Crippen LogP contribution in [0.2, 0.25) is 0 Å². The molecule has 34 heavy (non-hydrogen) atoms. The first kappa shape index (κ1) is 20.7. The normalized spacial score (nSPS) is 12.6. The van der Waals surface area contributed by atoms with Crippen LogP contribution in [0.1, 0.15) is 30.5 Å². The summed E-state index contributed by atoms with van der Waals surface area (Å²) < 4.78 is 8.93. The predicted octanol–water partition coefficient (Wildman–Crippen LogP) is 7.45. The molecule has 5 aromatic rings. The second-order valence-corrected chi connectivity index (χ2v) is 10.3. The molecule has 6 rings (SSSR count). The van der Waals surface area contributed by atoms with Gasteiger partial charge in [0, 0.05) is 17.0 Å². The lowest BCUT2D eigenvalue weighted by molar-refractivity contribution is -0.659. The molecule has 166 valence electrons. The van der Waals surface area contributed by atoms with Gasteiger partial charge < -0.3 is 4.74 Å². The topological polar surface area (TPSA) is 36.9 Å². The fourth-order valence-electron chi connectivity index (χ4n) is 5.61. The highest BCUT2D eigenvalue weighted by Crippen LogP contribution is 2.51. The van der Waals surface area contributed by atoms with Crippen LogP contribution >= 0.6 is 0 Å². The summed E-state index contributed by atoms with van der Waals surface area (Å²) >= 11 is 0. The molecule has 4 aromatic carbocycles. The van der Waals surface area contributed by atoms with Crippen LogP contribution in [0.3, 0.4) is 0 Å². The summed E-state index contributed by atoms with van der Waals surface area (Å²) in [4.78, 5) is 0. The maximum atomic E-state index is 9.53. The van der Waals surface area contributed by atoms with Crippen molar-refractivity contribution in [3.63, 3.8) is 0 Å². The third-order valence-corrected chi connectivity index (χ3v) is 7.34. The highest BCUT2D eigenvalue weighted by Gasteiger charge is 2.32. The van der Waals surface area contributed by atoms with Gasteiger partial charge in [-0.25, -0.2) is 4.57 Å². The highest BCUT2D eigenvalue weighted by atomic mass is 16.5. The van der Waals surface area contributed by atoms with Gasteiger partial charge in [-0.3, -0.25) is 0 Å².